The van der Waals surface area contributed by atoms with Crippen molar-refractivity contribution in [1.82, 2.24) is 0 Å². The Kier molecular flexibility index (Phi) is 6.01. The van der Waals surface area contributed by atoms with Crippen LogP contribution in [0.3, 0.4) is 0 Å². The first kappa shape index (κ1) is 14.0. The minimum Gasteiger partial charge on any atom is -0.494 e. The van der Waals surface area contributed by atoms with Gasteiger partial charge >= 0.3 is 0 Å². The number of nitrogens with two attached hydrogens (primary N) is 1. The van der Waals surface area contributed by atoms with E-state index < -0.39 is 0 Å². The van der Waals surface area contributed by atoms with E-state index in [2.05, 4.69) is 6.92 Å². The molecular formula is C14H23NO2. The van der Waals surface area contributed by atoms with E-state index in [0.29, 0.717) is 6.61 Å². The topological polar surface area (TPSA) is 44.5 Å². The second-order valence-electron chi connectivity index (χ2n) is 4.09. The van der Waals surface area contributed by atoms with Gasteiger partial charge in [0.05, 0.1) is 18.8 Å². The zero-order chi connectivity index (χ0) is 12.7. The summed E-state index contributed by atoms with van der Waals surface area (Å²) in [5.41, 5.74) is 7.29. The Morgan fingerprint density at radius 2 is 1.82 bits per heavy atom. The Hall–Kier alpha value is -1.06. The molecular weight excluding hydrogens is 214 g/mol. The van der Waals surface area contributed by atoms with Crippen molar-refractivity contribution < 1.29 is 9.47 Å². The van der Waals surface area contributed by atoms with E-state index >= 15 is 0 Å². The molecule has 0 spiro atoms. The number of ether oxygens (including phenoxy) is 2. The van der Waals surface area contributed by atoms with E-state index in [0.717, 1.165) is 24.2 Å². The Morgan fingerprint density at radius 3 is 2.29 bits per heavy atom. The number of rotatable bonds is 7. The standard InChI is InChI=1S/C14H23NO2/c1-4-6-13(16-3)14(15)11-7-9-12(10-8-11)17-5-2/h7-10,13-14H,4-6,15H2,1-3H3. The van der Waals surface area contributed by atoms with Crippen LogP contribution in [0.5, 0.6) is 5.75 Å². The Morgan fingerprint density at radius 1 is 1.18 bits per heavy atom. The average molecular weight is 237 g/mol. The fourth-order valence-corrected chi connectivity index (χ4v) is 1.90. The lowest BCUT2D eigenvalue weighted by molar-refractivity contribution is 0.0725. The number of hydrogen-bond acceptors (Lipinski definition) is 3. The largest absolute Gasteiger partial charge is 0.494 e. The smallest absolute Gasteiger partial charge is 0.119 e. The van der Waals surface area contributed by atoms with Gasteiger partial charge in [0.2, 0.25) is 0 Å². The zero-order valence-corrected chi connectivity index (χ0v) is 11.0. The molecule has 17 heavy (non-hydrogen) atoms. The molecule has 2 atom stereocenters. The first-order valence-corrected chi connectivity index (χ1v) is 6.24. The van der Waals surface area contributed by atoms with Crippen LogP contribution in [-0.4, -0.2) is 19.8 Å². The maximum atomic E-state index is 6.19. The van der Waals surface area contributed by atoms with E-state index in [1.54, 1.807) is 7.11 Å². The molecule has 0 aliphatic rings. The molecule has 0 bridgehead atoms. The van der Waals surface area contributed by atoms with Gasteiger partial charge in [-0.1, -0.05) is 25.5 Å². The fourth-order valence-electron chi connectivity index (χ4n) is 1.90. The highest BCUT2D eigenvalue weighted by molar-refractivity contribution is 5.29. The van der Waals surface area contributed by atoms with E-state index in [1.807, 2.05) is 31.2 Å². The van der Waals surface area contributed by atoms with Crippen molar-refractivity contribution >= 4 is 0 Å². The highest BCUT2D eigenvalue weighted by Crippen LogP contribution is 2.22. The minimum atomic E-state index is -0.0735. The maximum Gasteiger partial charge on any atom is 0.119 e. The SMILES string of the molecule is CCCC(OC)C(N)c1ccc(OCC)cc1. The van der Waals surface area contributed by atoms with Crippen molar-refractivity contribution in [2.75, 3.05) is 13.7 Å². The highest BCUT2D eigenvalue weighted by atomic mass is 16.5. The maximum absolute atomic E-state index is 6.19. The second kappa shape index (κ2) is 7.30. The summed E-state index contributed by atoms with van der Waals surface area (Å²) < 4.78 is 10.8. The van der Waals surface area contributed by atoms with Crippen molar-refractivity contribution in [3.8, 4) is 5.75 Å². The molecule has 0 fully saturated rings. The summed E-state index contributed by atoms with van der Waals surface area (Å²) in [5.74, 6) is 0.882. The first-order chi connectivity index (χ1) is 8.22. The average Bonchev–Trinajstić information content (AvgIpc) is 2.36. The third kappa shape index (κ3) is 4.02. The predicted molar refractivity (Wildman–Crippen MR) is 70.2 cm³/mol. The van der Waals surface area contributed by atoms with Crippen LogP contribution >= 0.6 is 0 Å². The zero-order valence-electron chi connectivity index (χ0n) is 11.0. The molecule has 0 aromatic heterocycles. The van der Waals surface area contributed by atoms with Crippen LogP contribution in [-0.2, 0) is 4.74 Å². The second-order valence-corrected chi connectivity index (χ2v) is 4.09. The lowest BCUT2D eigenvalue weighted by Gasteiger charge is -2.22. The summed E-state index contributed by atoms with van der Waals surface area (Å²) in [5, 5.41) is 0. The van der Waals surface area contributed by atoms with Crippen LogP contribution in [0.1, 0.15) is 38.3 Å². The molecule has 0 aliphatic carbocycles. The van der Waals surface area contributed by atoms with Crippen molar-refractivity contribution in [3.63, 3.8) is 0 Å². The van der Waals surface area contributed by atoms with Crippen molar-refractivity contribution in [2.45, 2.75) is 38.8 Å². The van der Waals surface area contributed by atoms with Gasteiger partial charge in [-0.2, -0.15) is 0 Å². The third-order valence-corrected chi connectivity index (χ3v) is 2.85. The summed E-state index contributed by atoms with van der Waals surface area (Å²) >= 11 is 0. The molecule has 1 aromatic rings. The van der Waals surface area contributed by atoms with Crippen LogP contribution in [0, 0.1) is 0 Å². The number of hydrogen-bond donors (Lipinski definition) is 1. The number of methoxy groups -OCH3 is 1. The first-order valence-electron chi connectivity index (χ1n) is 6.24. The molecule has 2 N–H and O–H groups in total. The van der Waals surface area contributed by atoms with Crippen molar-refractivity contribution in [2.24, 2.45) is 5.73 Å². The van der Waals surface area contributed by atoms with Gasteiger partial charge < -0.3 is 15.2 Å². The third-order valence-electron chi connectivity index (χ3n) is 2.85. The van der Waals surface area contributed by atoms with E-state index in [9.17, 15) is 0 Å². The minimum absolute atomic E-state index is 0.0735. The molecule has 2 unspecified atom stereocenters. The molecule has 3 heteroatoms. The number of benzene rings is 1. The van der Waals surface area contributed by atoms with Crippen LogP contribution in [0.4, 0.5) is 0 Å². The van der Waals surface area contributed by atoms with Gasteiger partial charge in [0, 0.05) is 7.11 Å². The van der Waals surface area contributed by atoms with Gasteiger partial charge in [-0.05, 0) is 31.0 Å². The summed E-state index contributed by atoms with van der Waals surface area (Å²) in [6.45, 7) is 4.79. The van der Waals surface area contributed by atoms with Crippen molar-refractivity contribution in [1.29, 1.82) is 0 Å². The summed E-state index contributed by atoms with van der Waals surface area (Å²) in [7, 11) is 1.72. The molecule has 0 aliphatic heterocycles. The van der Waals surface area contributed by atoms with Gasteiger partial charge in [0.15, 0.2) is 0 Å². The molecule has 96 valence electrons. The van der Waals surface area contributed by atoms with Crippen LogP contribution in [0.25, 0.3) is 0 Å². The van der Waals surface area contributed by atoms with Gasteiger partial charge in [-0.25, -0.2) is 0 Å². The van der Waals surface area contributed by atoms with Crippen molar-refractivity contribution in [3.05, 3.63) is 29.8 Å². The van der Waals surface area contributed by atoms with E-state index in [-0.39, 0.29) is 12.1 Å². The molecule has 3 nitrogen and oxygen atoms in total. The monoisotopic (exact) mass is 237 g/mol. The molecule has 1 rings (SSSR count). The van der Waals surface area contributed by atoms with Gasteiger partial charge in [-0.3, -0.25) is 0 Å². The molecule has 0 amide bonds. The summed E-state index contributed by atoms with van der Waals surface area (Å²) in [4.78, 5) is 0. The predicted octanol–water partition coefficient (Wildman–Crippen LogP) is 2.90. The Balaban J connectivity index is 2.70. The molecule has 0 saturated carbocycles. The fraction of sp³-hybridized carbons (Fsp3) is 0.571. The molecule has 1 aromatic carbocycles. The summed E-state index contributed by atoms with van der Waals surface area (Å²) in [6, 6.07) is 7.86. The molecule has 0 heterocycles. The van der Waals surface area contributed by atoms with E-state index in [1.165, 1.54) is 0 Å². The Bertz CT molecular complexity index is 311. The molecule has 0 saturated heterocycles. The normalized spacial score (nSPS) is 14.4. The quantitative estimate of drug-likeness (QED) is 0.793. The van der Waals surface area contributed by atoms with Crippen LogP contribution in [0.2, 0.25) is 0 Å². The summed E-state index contributed by atoms with van der Waals surface area (Å²) in [6.07, 6.45) is 2.13. The van der Waals surface area contributed by atoms with E-state index in [4.69, 9.17) is 15.2 Å². The lowest BCUT2D eigenvalue weighted by Crippen LogP contribution is -2.27. The highest BCUT2D eigenvalue weighted by Gasteiger charge is 2.17. The molecule has 0 radical (unpaired) electrons. The van der Waals surface area contributed by atoms with Gasteiger partial charge in [-0.15, -0.1) is 0 Å². The lowest BCUT2D eigenvalue weighted by atomic mass is 9.99. The van der Waals surface area contributed by atoms with Crippen LogP contribution < -0.4 is 10.5 Å². The van der Waals surface area contributed by atoms with Gasteiger partial charge in [0.25, 0.3) is 0 Å². The van der Waals surface area contributed by atoms with Gasteiger partial charge in [0.1, 0.15) is 5.75 Å². The Labute approximate surface area is 104 Å². The van der Waals surface area contributed by atoms with Crippen LogP contribution in [0.15, 0.2) is 24.3 Å².